The number of methoxy groups -OCH3 is 1. The SMILES string of the molecule is COc1cc(N2CCC(CN3CCC(c4cccc5c4n(C)c(=O)n5C4CCC(=O)NC4=O)CC3)CC2)c(-c2cnn(C)c2)cc1Nc1ncc(Cl)c(Nc2ccc(-c3ccccc3)cc2P(C)(C)=O)n1. The highest BCUT2D eigenvalue weighted by Crippen LogP contribution is 2.44. The Morgan fingerprint density at radius 3 is 2.31 bits per heavy atom. The predicted molar refractivity (Wildman–Crippen MR) is 282 cm³/mol. The van der Waals surface area contributed by atoms with Crippen molar-refractivity contribution in [1.29, 1.82) is 0 Å². The molecule has 2 amide bonds. The molecule has 1 unspecified atom stereocenters. The first-order valence-electron chi connectivity index (χ1n) is 24.3. The number of ether oxygens (including phenoxy) is 1. The average molecular weight is 997 g/mol. The molecular weight excluding hydrogens is 937 g/mol. The number of rotatable bonds is 13. The Bertz CT molecular complexity index is 3260. The summed E-state index contributed by atoms with van der Waals surface area (Å²) in [6, 6.07) is 25.4. The molecule has 3 aromatic heterocycles. The average Bonchev–Trinajstić information content (AvgIpc) is 3.92. The number of amides is 2. The van der Waals surface area contributed by atoms with E-state index < -0.39 is 19.1 Å². The highest BCUT2D eigenvalue weighted by atomic mass is 35.5. The van der Waals surface area contributed by atoms with Crippen molar-refractivity contribution in [1.82, 2.24) is 39.1 Å². The van der Waals surface area contributed by atoms with E-state index in [1.54, 1.807) is 47.5 Å². The lowest BCUT2D eigenvalue weighted by molar-refractivity contribution is -0.135. The molecule has 3 N–H and O–H groups in total. The molecule has 0 radical (unpaired) electrons. The van der Waals surface area contributed by atoms with Crippen molar-refractivity contribution in [3.8, 4) is 28.0 Å². The zero-order valence-electron chi connectivity index (χ0n) is 40.7. The number of benzene rings is 4. The second-order valence-electron chi connectivity index (χ2n) is 19.5. The van der Waals surface area contributed by atoms with Gasteiger partial charge in [-0.1, -0.05) is 60.1 Å². The molecule has 1 atom stereocenters. The third kappa shape index (κ3) is 9.85. The van der Waals surface area contributed by atoms with E-state index in [2.05, 4.69) is 54.0 Å². The number of imidazole rings is 1. The van der Waals surface area contributed by atoms with Crippen molar-refractivity contribution in [3.05, 3.63) is 119 Å². The number of para-hydroxylation sites is 1. The zero-order valence-corrected chi connectivity index (χ0v) is 42.3. The van der Waals surface area contributed by atoms with Crippen LogP contribution in [0.5, 0.6) is 5.75 Å². The number of carbonyl (C=O) groups excluding carboxylic acids is 2. The molecule has 3 fully saturated rings. The van der Waals surface area contributed by atoms with Gasteiger partial charge >= 0.3 is 5.69 Å². The number of nitrogens with zero attached hydrogens (tertiary/aromatic N) is 8. The van der Waals surface area contributed by atoms with Crippen LogP contribution in [-0.2, 0) is 28.2 Å². The lowest BCUT2D eigenvalue weighted by Crippen LogP contribution is -2.44. The van der Waals surface area contributed by atoms with E-state index in [1.807, 2.05) is 80.1 Å². The minimum absolute atomic E-state index is 0.213. The number of hydrogen-bond acceptors (Lipinski definition) is 12. The minimum Gasteiger partial charge on any atom is -0.494 e. The van der Waals surface area contributed by atoms with Gasteiger partial charge < -0.3 is 29.7 Å². The maximum atomic E-state index is 13.6. The largest absolute Gasteiger partial charge is 0.494 e. The summed E-state index contributed by atoms with van der Waals surface area (Å²) in [5.74, 6) is 1.42. The number of aryl methyl sites for hydroxylation is 2. The van der Waals surface area contributed by atoms with Gasteiger partial charge in [-0.05, 0) is 111 Å². The lowest BCUT2D eigenvalue weighted by atomic mass is 9.87. The first kappa shape index (κ1) is 47.9. The van der Waals surface area contributed by atoms with Crippen LogP contribution >= 0.6 is 18.7 Å². The van der Waals surface area contributed by atoms with Crippen LogP contribution in [0.1, 0.15) is 56.0 Å². The van der Waals surface area contributed by atoms with Gasteiger partial charge in [-0.2, -0.15) is 10.1 Å². The topological polar surface area (TPSA) is 174 Å². The Labute approximate surface area is 417 Å². The van der Waals surface area contributed by atoms with Crippen molar-refractivity contribution in [3.63, 3.8) is 0 Å². The van der Waals surface area contributed by atoms with E-state index in [4.69, 9.17) is 21.3 Å². The summed E-state index contributed by atoms with van der Waals surface area (Å²) < 4.78 is 24.7. The fourth-order valence-electron chi connectivity index (χ4n) is 10.7. The summed E-state index contributed by atoms with van der Waals surface area (Å²) in [6.45, 7) is 8.25. The molecule has 368 valence electrons. The van der Waals surface area contributed by atoms with Gasteiger partial charge in [0, 0.05) is 74.5 Å². The quantitative estimate of drug-likeness (QED) is 0.0743. The molecule has 0 aliphatic carbocycles. The van der Waals surface area contributed by atoms with Crippen LogP contribution in [0.3, 0.4) is 0 Å². The highest BCUT2D eigenvalue weighted by molar-refractivity contribution is 7.70. The molecule has 10 rings (SSSR count). The van der Waals surface area contributed by atoms with Gasteiger partial charge in [0.2, 0.25) is 17.8 Å². The summed E-state index contributed by atoms with van der Waals surface area (Å²) >= 11 is 6.71. The summed E-state index contributed by atoms with van der Waals surface area (Å²) in [5, 5.41) is 14.7. The van der Waals surface area contributed by atoms with E-state index in [0.29, 0.717) is 57.5 Å². The second-order valence-corrected chi connectivity index (χ2v) is 23.1. The van der Waals surface area contributed by atoms with Crippen LogP contribution in [0, 0.1) is 5.92 Å². The van der Waals surface area contributed by atoms with Gasteiger partial charge in [0.15, 0.2) is 5.82 Å². The van der Waals surface area contributed by atoms with E-state index in [1.165, 1.54) is 0 Å². The Hall–Kier alpha value is -6.74. The van der Waals surface area contributed by atoms with Crippen LogP contribution in [0.2, 0.25) is 5.02 Å². The van der Waals surface area contributed by atoms with Gasteiger partial charge in [-0.25, -0.2) is 9.78 Å². The Morgan fingerprint density at radius 1 is 0.831 bits per heavy atom. The molecule has 7 aromatic rings. The number of anilines is 5. The summed E-state index contributed by atoms with van der Waals surface area (Å²) in [4.78, 5) is 52.7. The predicted octanol–water partition coefficient (Wildman–Crippen LogP) is 8.67. The third-order valence-electron chi connectivity index (χ3n) is 14.4. The summed E-state index contributed by atoms with van der Waals surface area (Å²) in [7, 11) is 2.62. The van der Waals surface area contributed by atoms with Crippen molar-refractivity contribution in [2.24, 2.45) is 20.0 Å². The lowest BCUT2D eigenvalue weighted by Gasteiger charge is -2.39. The van der Waals surface area contributed by atoms with Crippen LogP contribution in [-0.4, -0.2) is 98.8 Å². The monoisotopic (exact) mass is 995 g/mol. The number of halogens is 1. The molecule has 0 bridgehead atoms. The fraction of sp³-hybridized carbons (Fsp3) is 0.358. The Morgan fingerprint density at radius 2 is 1.61 bits per heavy atom. The van der Waals surface area contributed by atoms with Gasteiger partial charge in [0.05, 0.1) is 41.9 Å². The number of imide groups is 1. The molecular formula is C53H59ClN11O5P. The molecule has 6 heterocycles. The second kappa shape index (κ2) is 19.8. The summed E-state index contributed by atoms with van der Waals surface area (Å²) in [5.41, 5.74) is 8.89. The van der Waals surface area contributed by atoms with E-state index in [-0.39, 0.29) is 18.0 Å². The standard InChI is InChI=1S/C53H59ClN11O5P/c1-61-32-37(29-56-61)39-27-42(58-52-55-30-40(54)50(60-52)57-41-15-14-36(26-47(41)71(4,5)69)34-10-7-6-8-11-34)46(70-3)28-45(39)64-24-18-33(19-25-64)31-63-22-20-35(21-23-63)38-12-9-13-43-49(38)62(2)53(68)65(43)44-16-17-48(66)59-51(44)67/h6-15,26-30,32-33,35,44H,16-25,31H2,1-5H3,(H,59,66,67)(H2,55,57,58,60). The Kier molecular flexibility index (Phi) is 13.4. The molecule has 4 aromatic carbocycles. The molecule has 3 aliphatic rings. The van der Waals surface area contributed by atoms with Gasteiger partial charge in [-0.15, -0.1) is 0 Å². The van der Waals surface area contributed by atoms with Crippen LogP contribution < -0.4 is 36.6 Å². The van der Waals surface area contributed by atoms with Crippen LogP contribution in [0.4, 0.5) is 28.8 Å². The number of carbonyl (C=O) groups is 2. The van der Waals surface area contributed by atoms with Crippen molar-refractivity contribution >= 4 is 75.7 Å². The molecule has 3 saturated heterocycles. The number of aromatic nitrogens is 6. The van der Waals surface area contributed by atoms with Crippen LogP contribution in [0.15, 0.2) is 102 Å². The van der Waals surface area contributed by atoms with Crippen molar-refractivity contribution in [2.75, 3.05) is 68.7 Å². The number of likely N-dealkylation sites (tertiary alicyclic amines) is 1. The molecule has 0 spiro atoms. The van der Waals surface area contributed by atoms with Gasteiger partial charge in [-0.3, -0.25) is 28.7 Å². The number of fused-ring (bicyclic) bond motifs is 1. The van der Waals surface area contributed by atoms with Gasteiger partial charge in [0.25, 0.3) is 0 Å². The first-order chi connectivity index (χ1) is 34.2. The third-order valence-corrected chi connectivity index (χ3v) is 16.2. The number of nitrogens with one attached hydrogen (secondary N) is 3. The minimum atomic E-state index is -2.74. The van der Waals surface area contributed by atoms with Crippen LogP contribution in [0.25, 0.3) is 33.3 Å². The van der Waals surface area contributed by atoms with E-state index in [9.17, 15) is 18.9 Å². The number of hydrogen-bond donors (Lipinski definition) is 3. The van der Waals surface area contributed by atoms with Gasteiger partial charge in [0.1, 0.15) is 24.0 Å². The Balaban J connectivity index is 0.821. The van der Waals surface area contributed by atoms with Crippen molar-refractivity contribution in [2.45, 2.75) is 50.5 Å². The fourth-order valence-corrected chi connectivity index (χ4v) is 12.0. The first-order valence-corrected chi connectivity index (χ1v) is 27.2. The maximum Gasteiger partial charge on any atom is 0.329 e. The summed E-state index contributed by atoms with van der Waals surface area (Å²) in [6.07, 6.45) is 10.0. The maximum absolute atomic E-state index is 13.6. The molecule has 0 saturated carbocycles. The smallest absolute Gasteiger partial charge is 0.329 e. The molecule has 16 nitrogen and oxygen atoms in total. The van der Waals surface area contributed by atoms with E-state index >= 15 is 0 Å². The number of piperidine rings is 3. The highest BCUT2D eigenvalue weighted by Gasteiger charge is 2.34. The molecule has 71 heavy (non-hydrogen) atoms. The van der Waals surface area contributed by atoms with E-state index in [0.717, 1.165) is 103 Å². The zero-order chi connectivity index (χ0) is 49.6. The normalized spacial score (nSPS) is 17.4. The molecule has 3 aliphatic heterocycles. The molecule has 18 heteroatoms. The van der Waals surface area contributed by atoms with Crippen molar-refractivity contribution < 1.29 is 18.9 Å².